The van der Waals surface area contributed by atoms with Gasteiger partial charge in [-0.15, -0.1) is 0 Å². The van der Waals surface area contributed by atoms with Gasteiger partial charge in [0.2, 0.25) is 0 Å². The topological polar surface area (TPSA) is 42.1 Å². The fourth-order valence-corrected chi connectivity index (χ4v) is 1.56. The number of nitrogens with two attached hydrogens (primary N) is 1. The standard InChI is InChI=1S/C11H17N3S/c1-3-14(8-6-10(12)15)11-9(2)5-4-7-13-11/h4-5,7H,3,6,8H2,1-2H3,(H2,12,15). The van der Waals surface area contributed by atoms with Gasteiger partial charge in [0.15, 0.2) is 0 Å². The molecule has 1 aromatic heterocycles. The highest BCUT2D eigenvalue weighted by atomic mass is 32.1. The molecule has 0 bridgehead atoms. The average Bonchev–Trinajstić information content (AvgIpc) is 2.21. The van der Waals surface area contributed by atoms with Crippen molar-refractivity contribution in [3.05, 3.63) is 23.9 Å². The van der Waals surface area contributed by atoms with Gasteiger partial charge in [-0.1, -0.05) is 18.3 Å². The lowest BCUT2D eigenvalue weighted by Gasteiger charge is -2.23. The monoisotopic (exact) mass is 223 g/mol. The van der Waals surface area contributed by atoms with Crippen LogP contribution in [0.3, 0.4) is 0 Å². The van der Waals surface area contributed by atoms with Gasteiger partial charge in [0.25, 0.3) is 0 Å². The van der Waals surface area contributed by atoms with Gasteiger partial charge in [0, 0.05) is 25.7 Å². The minimum absolute atomic E-state index is 0.557. The third-order valence-corrected chi connectivity index (χ3v) is 2.50. The predicted octanol–water partition coefficient (Wildman–Crippen LogP) is 1.89. The van der Waals surface area contributed by atoms with E-state index in [9.17, 15) is 0 Å². The molecule has 0 radical (unpaired) electrons. The summed E-state index contributed by atoms with van der Waals surface area (Å²) < 4.78 is 0. The number of pyridine rings is 1. The summed E-state index contributed by atoms with van der Waals surface area (Å²) in [7, 11) is 0. The molecule has 15 heavy (non-hydrogen) atoms. The fourth-order valence-electron chi connectivity index (χ4n) is 1.47. The van der Waals surface area contributed by atoms with E-state index in [1.807, 2.05) is 12.3 Å². The van der Waals surface area contributed by atoms with E-state index in [4.69, 9.17) is 18.0 Å². The summed E-state index contributed by atoms with van der Waals surface area (Å²) in [4.78, 5) is 7.12. The van der Waals surface area contributed by atoms with Gasteiger partial charge in [-0.3, -0.25) is 0 Å². The SMILES string of the molecule is CCN(CCC(N)=S)c1ncccc1C. The van der Waals surface area contributed by atoms with E-state index in [0.717, 1.165) is 25.3 Å². The lowest BCUT2D eigenvalue weighted by atomic mass is 10.2. The Morgan fingerprint density at radius 1 is 1.60 bits per heavy atom. The molecular formula is C11H17N3S. The molecule has 1 rings (SSSR count). The van der Waals surface area contributed by atoms with Crippen molar-refractivity contribution in [3.8, 4) is 0 Å². The van der Waals surface area contributed by atoms with Gasteiger partial charge in [0.1, 0.15) is 5.82 Å². The molecule has 2 N–H and O–H groups in total. The Morgan fingerprint density at radius 2 is 2.33 bits per heavy atom. The number of anilines is 1. The van der Waals surface area contributed by atoms with E-state index in [1.54, 1.807) is 0 Å². The first-order valence-corrected chi connectivity index (χ1v) is 5.50. The lowest BCUT2D eigenvalue weighted by Crippen LogP contribution is -2.28. The number of nitrogens with zero attached hydrogens (tertiary/aromatic N) is 2. The number of hydrogen-bond acceptors (Lipinski definition) is 3. The van der Waals surface area contributed by atoms with Gasteiger partial charge in [-0.2, -0.15) is 0 Å². The second-order valence-corrected chi connectivity index (χ2v) is 3.96. The van der Waals surface area contributed by atoms with Crippen molar-refractivity contribution in [3.63, 3.8) is 0 Å². The van der Waals surface area contributed by atoms with Crippen molar-refractivity contribution in [1.29, 1.82) is 0 Å². The van der Waals surface area contributed by atoms with E-state index >= 15 is 0 Å². The highest BCUT2D eigenvalue weighted by molar-refractivity contribution is 7.80. The minimum Gasteiger partial charge on any atom is -0.393 e. The van der Waals surface area contributed by atoms with E-state index in [1.165, 1.54) is 5.56 Å². The Kier molecular flexibility index (Phi) is 4.49. The third-order valence-electron chi connectivity index (χ3n) is 2.29. The molecule has 1 aromatic rings. The summed E-state index contributed by atoms with van der Waals surface area (Å²) in [6, 6.07) is 4.01. The van der Waals surface area contributed by atoms with E-state index in [0.29, 0.717) is 4.99 Å². The van der Waals surface area contributed by atoms with Crippen molar-refractivity contribution >= 4 is 23.0 Å². The Labute approximate surface area is 96.3 Å². The van der Waals surface area contributed by atoms with Crippen LogP contribution in [0.4, 0.5) is 5.82 Å². The minimum atomic E-state index is 0.557. The molecule has 0 unspecified atom stereocenters. The molecule has 4 heteroatoms. The zero-order chi connectivity index (χ0) is 11.3. The van der Waals surface area contributed by atoms with Crippen molar-refractivity contribution in [2.24, 2.45) is 5.73 Å². The molecule has 0 aliphatic heterocycles. The van der Waals surface area contributed by atoms with Crippen LogP contribution in [0, 0.1) is 6.92 Å². The molecule has 0 aliphatic carbocycles. The maximum absolute atomic E-state index is 5.50. The fraction of sp³-hybridized carbons (Fsp3) is 0.455. The van der Waals surface area contributed by atoms with Crippen LogP contribution >= 0.6 is 12.2 Å². The van der Waals surface area contributed by atoms with Crippen molar-refractivity contribution in [1.82, 2.24) is 4.98 Å². The van der Waals surface area contributed by atoms with Crippen LogP contribution in [0.2, 0.25) is 0 Å². The lowest BCUT2D eigenvalue weighted by molar-refractivity contribution is 0.815. The Balaban J connectivity index is 2.74. The van der Waals surface area contributed by atoms with Gasteiger partial charge in [-0.25, -0.2) is 4.98 Å². The Bertz CT molecular complexity index is 338. The number of rotatable bonds is 5. The second kappa shape index (κ2) is 5.66. The second-order valence-electron chi connectivity index (χ2n) is 3.44. The third kappa shape index (κ3) is 3.47. The first-order chi connectivity index (χ1) is 7.15. The van der Waals surface area contributed by atoms with E-state index in [-0.39, 0.29) is 0 Å². The molecule has 82 valence electrons. The molecule has 0 aliphatic rings. The summed E-state index contributed by atoms with van der Waals surface area (Å²) >= 11 is 4.88. The average molecular weight is 223 g/mol. The highest BCUT2D eigenvalue weighted by Crippen LogP contribution is 2.15. The molecule has 0 amide bonds. The zero-order valence-corrected chi connectivity index (χ0v) is 10.0. The summed E-state index contributed by atoms with van der Waals surface area (Å²) in [6.07, 6.45) is 2.55. The molecule has 0 saturated heterocycles. The van der Waals surface area contributed by atoms with Crippen LogP contribution in [0.25, 0.3) is 0 Å². The van der Waals surface area contributed by atoms with Crippen LogP contribution in [0.5, 0.6) is 0 Å². The maximum atomic E-state index is 5.50. The van der Waals surface area contributed by atoms with Gasteiger partial charge < -0.3 is 10.6 Å². The van der Waals surface area contributed by atoms with E-state index in [2.05, 4.69) is 29.8 Å². The molecule has 1 heterocycles. The highest BCUT2D eigenvalue weighted by Gasteiger charge is 2.07. The predicted molar refractivity (Wildman–Crippen MR) is 68.3 cm³/mol. The normalized spacial score (nSPS) is 10.0. The zero-order valence-electron chi connectivity index (χ0n) is 9.23. The largest absolute Gasteiger partial charge is 0.393 e. The van der Waals surface area contributed by atoms with Gasteiger partial charge >= 0.3 is 0 Å². The quantitative estimate of drug-likeness (QED) is 0.774. The number of hydrogen-bond donors (Lipinski definition) is 1. The smallest absolute Gasteiger partial charge is 0.131 e. The van der Waals surface area contributed by atoms with Crippen molar-refractivity contribution in [2.45, 2.75) is 20.3 Å². The Hall–Kier alpha value is -1.16. The van der Waals surface area contributed by atoms with Crippen LogP contribution in [-0.2, 0) is 0 Å². The summed E-state index contributed by atoms with van der Waals surface area (Å²) in [5.74, 6) is 1.02. The maximum Gasteiger partial charge on any atom is 0.131 e. The molecule has 0 fully saturated rings. The molecular weight excluding hydrogens is 206 g/mol. The van der Waals surface area contributed by atoms with Gasteiger partial charge in [0.05, 0.1) is 4.99 Å². The van der Waals surface area contributed by atoms with Crippen LogP contribution in [-0.4, -0.2) is 23.1 Å². The molecule has 3 nitrogen and oxygen atoms in total. The summed E-state index contributed by atoms with van der Waals surface area (Å²) in [5, 5.41) is 0. The molecule has 0 saturated carbocycles. The first kappa shape index (κ1) is 11.9. The number of aryl methyl sites for hydroxylation is 1. The Morgan fingerprint density at radius 3 is 2.87 bits per heavy atom. The first-order valence-electron chi connectivity index (χ1n) is 5.10. The van der Waals surface area contributed by atoms with Crippen LogP contribution in [0.1, 0.15) is 18.9 Å². The molecule has 0 spiro atoms. The molecule has 0 atom stereocenters. The number of thiocarbonyl (C=S) groups is 1. The summed E-state index contributed by atoms with van der Waals surface area (Å²) in [5.41, 5.74) is 6.68. The van der Waals surface area contributed by atoms with Crippen molar-refractivity contribution in [2.75, 3.05) is 18.0 Å². The number of aromatic nitrogens is 1. The van der Waals surface area contributed by atoms with Gasteiger partial charge in [-0.05, 0) is 25.5 Å². The summed E-state index contributed by atoms with van der Waals surface area (Å²) in [6.45, 7) is 5.92. The van der Waals surface area contributed by atoms with Crippen LogP contribution in [0.15, 0.2) is 18.3 Å². The van der Waals surface area contributed by atoms with E-state index < -0.39 is 0 Å². The molecule has 0 aromatic carbocycles. The van der Waals surface area contributed by atoms with Crippen molar-refractivity contribution < 1.29 is 0 Å². The van der Waals surface area contributed by atoms with Crippen LogP contribution < -0.4 is 10.6 Å².